The first-order chi connectivity index (χ1) is 10.5. The van der Waals surface area contributed by atoms with Crippen LogP contribution in [0.4, 0.5) is 5.69 Å². The number of benzene rings is 2. The van der Waals surface area contributed by atoms with E-state index in [2.05, 4.69) is 5.32 Å². The highest BCUT2D eigenvalue weighted by Gasteiger charge is 2.05. The van der Waals surface area contributed by atoms with Crippen LogP contribution in [0.5, 0.6) is 0 Å². The van der Waals surface area contributed by atoms with Crippen molar-refractivity contribution in [3.63, 3.8) is 0 Å². The average molecular weight is 315 g/mol. The fraction of sp³-hybridized carbons (Fsp3) is 0.176. The summed E-state index contributed by atoms with van der Waals surface area (Å²) in [6.45, 7) is 2.02. The molecule has 0 saturated carbocycles. The molecule has 0 heterocycles. The van der Waals surface area contributed by atoms with Gasteiger partial charge in [-0.05, 0) is 36.8 Å². The smallest absolute Gasteiger partial charge is 0.307 e. The largest absolute Gasteiger partial charge is 0.481 e. The molecule has 0 spiro atoms. The molecular weight excluding hydrogens is 298 g/mol. The molecule has 0 fully saturated rings. The number of carboxylic acid groups (broad SMARTS) is 1. The highest BCUT2D eigenvalue weighted by molar-refractivity contribution is 8.00. The van der Waals surface area contributed by atoms with Gasteiger partial charge in [0.2, 0.25) is 5.91 Å². The summed E-state index contributed by atoms with van der Waals surface area (Å²) in [6.07, 6.45) is -0.0164. The molecule has 0 radical (unpaired) electrons. The van der Waals surface area contributed by atoms with Gasteiger partial charge in [-0.25, -0.2) is 0 Å². The number of rotatable bonds is 6. The van der Waals surface area contributed by atoms with Crippen LogP contribution >= 0.6 is 11.8 Å². The van der Waals surface area contributed by atoms with Crippen molar-refractivity contribution in [2.75, 3.05) is 11.1 Å². The van der Waals surface area contributed by atoms with Gasteiger partial charge in [0.1, 0.15) is 0 Å². The molecule has 0 bridgehead atoms. The van der Waals surface area contributed by atoms with Crippen LogP contribution in [-0.2, 0) is 16.0 Å². The molecule has 2 aromatic rings. The third-order valence-electron chi connectivity index (χ3n) is 2.98. The second-order valence-electron chi connectivity index (χ2n) is 4.92. The third kappa shape index (κ3) is 5.26. The van der Waals surface area contributed by atoms with Crippen LogP contribution < -0.4 is 5.32 Å². The van der Waals surface area contributed by atoms with Crippen LogP contribution in [-0.4, -0.2) is 22.7 Å². The number of carbonyl (C=O) groups excluding carboxylic acids is 1. The molecule has 0 aromatic heterocycles. The highest BCUT2D eigenvalue weighted by Crippen LogP contribution is 2.18. The number of carbonyl (C=O) groups is 2. The summed E-state index contributed by atoms with van der Waals surface area (Å²) >= 11 is 1.48. The zero-order valence-electron chi connectivity index (χ0n) is 12.2. The maximum Gasteiger partial charge on any atom is 0.307 e. The molecule has 0 aliphatic carbocycles. The first kappa shape index (κ1) is 16.1. The van der Waals surface area contributed by atoms with Crippen molar-refractivity contribution < 1.29 is 14.7 Å². The maximum absolute atomic E-state index is 11.9. The van der Waals surface area contributed by atoms with Crippen LogP contribution in [0.1, 0.15) is 11.1 Å². The fourth-order valence-electron chi connectivity index (χ4n) is 1.86. The molecule has 114 valence electrons. The van der Waals surface area contributed by atoms with Gasteiger partial charge in [0.05, 0.1) is 12.2 Å². The highest BCUT2D eigenvalue weighted by atomic mass is 32.2. The van der Waals surface area contributed by atoms with Gasteiger partial charge in [-0.1, -0.05) is 29.8 Å². The summed E-state index contributed by atoms with van der Waals surface area (Å²) < 4.78 is 0. The normalized spacial score (nSPS) is 10.2. The summed E-state index contributed by atoms with van der Waals surface area (Å²) in [7, 11) is 0. The Morgan fingerprint density at radius 1 is 1.05 bits per heavy atom. The summed E-state index contributed by atoms with van der Waals surface area (Å²) in [5, 5.41) is 11.5. The van der Waals surface area contributed by atoms with Gasteiger partial charge in [-0.3, -0.25) is 9.59 Å². The topological polar surface area (TPSA) is 66.4 Å². The van der Waals surface area contributed by atoms with Crippen molar-refractivity contribution in [2.24, 2.45) is 0 Å². The van der Waals surface area contributed by atoms with Gasteiger partial charge in [-0.2, -0.15) is 0 Å². The second kappa shape index (κ2) is 7.66. The van der Waals surface area contributed by atoms with E-state index in [0.717, 1.165) is 4.90 Å². The lowest BCUT2D eigenvalue weighted by Gasteiger charge is -2.06. The van der Waals surface area contributed by atoms with Crippen molar-refractivity contribution in [3.05, 3.63) is 59.7 Å². The summed E-state index contributed by atoms with van der Waals surface area (Å²) in [4.78, 5) is 23.5. The SMILES string of the molecule is Cc1ccc(SCC(=O)Nc2ccc(CC(=O)O)cc2)cc1. The molecule has 5 heteroatoms. The van der Waals surface area contributed by atoms with E-state index < -0.39 is 5.97 Å². The summed E-state index contributed by atoms with van der Waals surface area (Å²) in [5.74, 6) is -0.622. The Balaban J connectivity index is 1.83. The number of hydrogen-bond donors (Lipinski definition) is 2. The van der Waals surface area contributed by atoms with Crippen LogP contribution in [0.15, 0.2) is 53.4 Å². The van der Waals surface area contributed by atoms with Gasteiger partial charge in [0.15, 0.2) is 0 Å². The number of aliphatic carboxylic acids is 1. The van der Waals surface area contributed by atoms with Crippen LogP contribution in [0.2, 0.25) is 0 Å². The zero-order valence-corrected chi connectivity index (χ0v) is 13.0. The Bertz CT molecular complexity index is 651. The Kier molecular flexibility index (Phi) is 5.61. The first-order valence-corrected chi connectivity index (χ1v) is 7.81. The third-order valence-corrected chi connectivity index (χ3v) is 4.00. The number of hydrogen-bond acceptors (Lipinski definition) is 3. The van der Waals surface area contributed by atoms with Gasteiger partial charge in [-0.15, -0.1) is 11.8 Å². The molecule has 2 N–H and O–H groups in total. The number of thioether (sulfide) groups is 1. The second-order valence-corrected chi connectivity index (χ2v) is 5.97. The van der Waals surface area contributed by atoms with E-state index in [4.69, 9.17) is 5.11 Å². The molecule has 0 aliphatic heterocycles. The predicted molar refractivity (Wildman–Crippen MR) is 88.3 cm³/mol. The molecule has 1 amide bonds. The van der Waals surface area contributed by atoms with E-state index >= 15 is 0 Å². The van der Waals surface area contributed by atoms with Crippen molar-refractivity contribution in [1.82, 2.24) is 0 Å². The molecular formula is C17H17NO3S. The van der Waals surface area contributed by atoms with Crippen molar-refractivity contribution >= 4 is 29.3 Å². The minimum Gasteiger partial charge on any atom is -0.481 e. The van der Waals surface area contributed by atoms with Crippen molar-refractivity contribution in [2.45, 2.75) is 18.2 Å². The van der Waals surface area contributed by atoms with E-state index in [-0.39, 0.29) is 12.3 Å². The molecule has 0 aliphatic rings. The lowest BCUT2D eigenvalue weighted by atomic mass is 10.1. The molecule has 0 atom stereocenters. The van der Waals surface area contributed by atoms with Crippen LogP contribution in [0.25, 0.3) is 0 Å². The average Bonchev–Trinajstić information content (AvgIpc) is 2.48. The number of nitrogens with one attached hydrogen (secondary N) is 1. The van der Waals surface area contributed by atoms with E-state index in [1.165, 1.54) is 17.3 Å². The minimum absolute atomic E-state index is 0.0164. The Labute approximate surface area is 133 Å². The van der Waals surface area contributed by atoms with Crippen molar-refractivity contribution in [1.29, 1.82) is 0 Å². The molecule has 0 saturated heterocycles. The number of aryl methyl sites for hydroxylation is 1. The number of carboxylic acids is 1. The quantitative estimate of drug-likeness (QED) is 0.802. The van der Waals surface area contributed by atoms with Gasteiger partial charge >= 0.3 is 5.97 Å². The molecule has 4 nitrogen and oxygen atoms in total. The van der Waals surface area contributed by atoms with Gasteiger partial charge < -0.3 is 10.4 Å². The van der Waals surface area contributed by atoms with E-state index in [0.29, 0.717) is 17.0 Å². The van der Waals surface area contributed by atoms with E-state index in [1.54, 1.807) is 24.3 Å². The van der Waals surface area contributed by atoms with Gasteiger partial charge in [0.25, 0.3) is 0 Å². The standard InChI is InChI=1S/C17H17NO3S/c1-12-2-8-15(9-3-12)22-11-16(19)18-14-6-4-13(5-7-14)10-17(20)21/h2-9H,10-11H2,1H3,(H,18,19)(H,20,21). The minimum atomic E-state index is -0.869. The summed E-state index contributed by atoms with van der Waals surface area (Å²) in [6, 6.07) is 14.9. The predicted octanol–water partition coefficient (Wildman–Crippen LogP) is 3.35. The molecule has 0 unspecified atom stereocenters. The van der Waals surface area contributed by atoms with Crippen LogP contribution in [0, 0.1) is 6.92 Å². The Morgan fingerprint density at radius 3 is 2.27 bits per heavy atom. The first-order valence-electron chi connectivity index (χ1n) is 6.83. The lowest BCUT2D eigenvalue weighted by Crippen LogP contribution is -2.14. The fourth-order valence-corrected chi connectivity index (χ4v) is 2.56. The molecule has 2 rings (SSSR count). The van der Waals surface area contributed by atoms with Crippen LogP contribution in [0.3, 0.4) is 0 Å². The Morgan fingerprint density at radius 2 is 1.68 bits per heavy atom. The van der Waals surface area contributed by atoms with Gasteiger partial charge in [0, 0.05) is 10.6 Å². The van der Waals surface area contributed by atoms with E-state index in [9.17, 15) is 9.59 Å². The van der Waals surface area contributed by atoms with E-state index in [1.807, 2.05) is 31.2 Å². The Hall–Kier alpha value is -2.27. The molecule has 2 aromatic carbocycles. The number of amides is 1. The molecule has 22 heavy (non-hydrogen) atoms. The monoisotopic (exact) mass is 315 g/mol. The lowest BCUT2D eigenvalue weighted by molar-refractivity contribution is -0.136. The number of anilines is 1. The summed E-state index contributed by atoms with van der Waals surface area (Å²) in [5.41, 5.74) is 2.57. The maximum atomic E-state index is 11.9. The zero-order chi connectivity index (χ0) is 15.9. The van der Waals surface area contributed by atoms with Crippen molar-refractivity contribution in [3.8, 4) is 0 Å².